The predicted molar refractivity (Wildman–Crippen MR) is 126 cm³/mol. The van der Waals surface area contributed by atoms with Gasteiger partial charge in [-0.1, -0.05) is 6.08 Å². The summed E-state index contributed by atoms with van der Waals surface area (Å²) in [5, 5.41) is 8.49. The van der Waals surface area contributed by atoms with E-state index in [0.717, 1.165) is 19.3 Å². The van der Waals surface area contributed by atoms with Crippen molar-refractivity contribution in [2.75, 3.05) is 19.6 Å². The van der Waals surface area contributed by atoms with E-state index in [4.69, 9.17) is 9.15 Å². The molecule has 4 rings (SSSR count). The Morgan fingerprint density at radius 2 is 1.82 bits per heavy atom. The number of rotatable bonds is 6. The SMILES string of the molecule is C=CC[C@@]1(c2nnc(-c3ccc(S(=O)(=O)N4CCCC4)cc3)o2)CCCN1C(=O)OC(C)(C)C. The molecule has 34 heavy (non-hydrogen) atoms. The maximum absolute atomic E-state index is 13.0. The number of carbonyl (C=O) groups is 1. The van der Waals surface area contributed by atoms with E-state index >= 15 is 0 Å². The first kappa shape index (κ1) is 24.4. The predicted octanol–water partition coefficient (Wildman–Crippen LogP) is 4.32. The molecule has 2 aliphatic rings. The van der Waals surface area contributed by atoms with Gasteiger partial charge in [0.2, 0.25) is 21.8 Å². The van der Waals surface area contributed by atoms with E-state index in [2.05, 4.69) is 16.8 Å². The Morgan fingerprint density at radius 3 is 2.44 bits per heavy atom. The second-order valence-corrected chi connectivity index (χ2v) is 11.7. The molecule has 2 aliphatic heterocycles. The van der Waals surface area contributed by atoms with Crippen molar-refractivity contribution in [3.05, 3.63) is 42.8 Å². The molecule has 10 heteroatoms. The molecule has 1 amide bonds. The molecule has 9 nitrogen and oxygen atoms in total. The van der Waals surface area contributed by atoms with Crippen molar-refractivity contribution in [3.8, 4) is 11.5 Å². The van der Waals surface area contributed by atoms with Crippen LogP contribution in [0.25, 0.3) is 11.5 Å². The van der Waals surface area contributed by atoms with Gasteiger partial charge < -0.3 is 9.15 Å². The normalized spacial score (nSPS) is 21.7. The van der Waals surface area contributed by atoms with Crippen LogP contribution in [0, 0.1) is 0 Å². The maximum atomic E-state index is 13.0. The van der Waals surface area contributed by atoms with Crippen molar-refractivity contribution in [1.29, 1.82) is 0 Å². The van der Waals surface area contributed by atoms with Gasteiger partial charge in [0.05, 0.1) is 4.90 Å². The average molecular weight is 489 g/mol. The molecule has 0 spiro atoms. The molecule has 0 unspecified atom stereocenters. The van der Waals surface area contributed by atoms with Crippen LogP contribution < -0.4 is 0 Å². The molecule has 2 aromatic rings. The van der Waals surface area contributed by atoms with Crippen LogP contribution in [0.1, 0.15) is 58.8 Å². The summed E-state index contributed by atoms with van der Waals surface area (Å²) in [6, 6.07) is 6.46. The number of sulfonamides is 1. The van der Waals surface area contributed by atoms with Crippen LogP contribution in [0.15, 0.2) is 46.2 Å². The van der Waals surface area contributed by atoms with Crippen LogP contribution in [0.5, 0.6) is 0 Å². The minimum absolute atomic E-state index is 0.243. The van der Waals surface area contributed by atoms with Crippen LogP contribution >= 0.6 is 0 Å². The molecule has 0 aliphatic carbocycles. The molecule has 3 heterocycles. The molecule has 1 aromatic heterocycles. The van der Waals surface area contributed by atoms with Crippen LogP contribution in [0.2, 0.25) is 0 Å². The number of hydrogen-bond donors (Lipinski definition) is 0. The van der Waals surface area contributed by atoms with Gasteiger partial charge in [-0.2, -0.15) is 4.31 Å². The van der Waals surface area contributed by atoms with Gasteiger partial charge in [0, 0.05) is 25.2 Å². The minimum Gasteiger partial charge on any atom is -0.444 e. The number of amides is 1. The third-order valence-electron chi connectivity index (χ3n) is 6.21. The number of ether oxygens (including phenoxy) is 1. The van der Waals surface area contributed by atoms with Gasteiger partial charge >= 0.3 is 6.09 Å². The van der Waals surface area contributed by atoms with Gasteiger partial charge in [0.1, 0.15) is 11.1 Å². The Labute approximate surface area is 200 Å². The number of benzene rings is 1. The topological polar surface area (TPSA) is 106 Å². The Morgan fingerprint density at radius 1 is 1.15 bits per heavy atom. The third-order valence-corrected chi connectivity index (χ3v) is 8.12. The lowest BCUT2D eigenvalue weighted by Crippen LogP contribution is -2.47. The number of likely N-dealkylation sites (tertiary alicyclic amines) is 1. The Balaban J connectivity index is 1.61. The van der Waals surface area contributed by atoms with E-state index in [9.17, 15) is 13.2 Å². The summed E-state index contributed by atoms with van der Waals surface area (Å²) >= 11 is 0. The molecule has 1 aromatic carbocycles. The highest BCUT2D eigenvalue weighted by Crippen LogP contribution is 2.43. The van der Waals surface area contributed by atoms with E-state index < -0.39 is 27.3 Å². The molecule has 184 valence electrons. The summed E-state index contributed by atoms with van der Waals surface area (Å²) in [7, 11) is -3.50. The van der Waals surface area contributed by atoms with Crippen LogP contribution in [0.4, 0.5) is 4.79 Å². The molecule has 0 bridgehead atoms. The van der Waals surface area contributed by atoms with E-state index in [1.54, 1.807) is 35.2 Å². The van der Waals surface area contributed by atoms with Crippen molar-refractivity contribution >= 4 is 16.1 Å². The van der Waals surface area contributed by atoms with Crippen molar-refractivity contribution in [2.24, 2.45) is 0 Å². The molecule has 0 saturated carbocycles. The van der Waals surface area contributed by atoms with Gasteiger partial charge in [-0.3, -0.25) is 4.90 Å². The quantitative estimate of drug-likeness (QED) is 0.557. The van der Waals surface area contributed by atoms with E-state index in [0.29, 0.717) is 43.9 Å². The Hall–Kier alpha value is -2.72. The van der Waals surface area contributed by atoms with Crippen molar-refractivity contribution in [3.63, 3.8) is 0 Å². The standard InChI is InChI=1S/C24H32N4O5S/c1-5-13-24(14-8-17-28(24)22(29)33-23(2,3)4)21-26-25-20(32-21)18-9-11-19(12-10-18)34(30,31)27-15-6-7-16-27/h5,9-12H,1,6-8,13-17H2,2-4H3/t24-/m0/s1. The number of carbonyl (C=O) groups excluding carboxylic acids is 1. The molecule has 2 fully saturated rings. The largest absolute Gasteiger partial charge is 0.444 e. The average Bonchev–Trinajstić information content (AvgIpc) is 3.53. The highest BCUT2D eigenvalue weighted by molar-refractivity contribution is 7.89. The first-order valence-corrected chi connectivity index (χ1v) is 13.1. The second-order valence-electron chi connectivity index (χ2n) is 9.81. The van der Waals surface area contributed by atoms with E-state index in [-0.39, 0.29) is 10.8 Å². The fourth-order valence-electron chi connectivity index (χ4n) is 4.60. The minimum atomic E-state index is -3.50. The first-order chi connectivity index (χ1) is 16.1. The van der Waals surface area contributed by atoms with Crippen molar-refractivity contribution < 1.29 is 22.4 Å². The molecular weight excluding hydrogens is 456 g/mol. The lowest BCUT2D eigenvalue weighted by Gasteiger charge is -2.35. The molecule has 0 radical (unpaired) electrons. The first-order valence-electron chi connectivity index (χ1n) is 11.6. The lowest BCUT2D eigenvalue weighted by molar-refractivity contribution is 0.00219. The fourth-order valence-corrected chi connectivity index (χ4v) is 6.11. The summed E-state index contributed by atoms with van der Waals surface area (Å²) in [5.41, 5.74) is -0.847. The summed E-state index contributed by atoms with van der Waals surface area (Å²) in [5.74, 6) is 0.583. The van der Waals surface area contributed by atoms with Crippen molar-refractivity contribution in [1.82, 2.24) is 19.4 Å². The maximum Gasteiger partial charge on any atom is 0.411 e. The highest BCUT2D eigenvalue weighted by Gasteiger charge is 2.49. The number of aromatic nitrogens is 2. The summed E-state index contributed by atoms with van der Waals surface area (Å²) in [6.45, 7) is 11.0. The van der Waals surface area contributed by atoms with Gasteiger partial charge in [0.25, 0.3) is 0 Å². The molecule has 0 N–H and O–H groups in total. The zero-order valence-electron chi connectivity index (χ0n) is 20.0. The van der Waals surface area contributed by atoms with Gasteiger partial charge in [0.15, 0.2) is 0 Å². The third kappa shape index (κ3) is 4.61. The van der Waals surface area contributed by atoms with Crippen LogP contribution in [0.3, 0.4) is 0 Å². The smallest absolute Gasteiger partial charge is 0.411 e. The van der Waals surface area contributed by atoms with Gasteiger partial charge in [-0.05, 0) is 77.1 Å². The summed E-state index contributed by atoms with van der Waals surface area (Å²) in [6.07, 6.45) is 4.94. The van der Waals surface area contributed by atoms with Crippen LogP contribution in [-0.2, 0) is 20.3 Å². The molecule has 1 atom stereocenters. The van der Waals surface area contributed by atoms with Crippen LogP contribution in [-0.4, -0.2) is 59.1 Å². The highest BCUT2D eigenvalue weighted by atomic mass is 32.2. The fraction of sp³-hybridized carbons (Fsp3) is 0.542. The Kier molecular flexibility index (Phi) is 6.56. The van der Waals surface area contributed by atoms with E-state index in [1.807, 2.05) is 20.8 Å². The Bertz CT molecular complexity index is 1150. The zero-order valence-corrected chi connectivity index (χ0v) is 20.8. The van der Waals surface area contributed by atoms with Gasteiger partial charge in [-0.15, -0.1) is 16.8 Å². The monoisotopic (exact) mass is 488 g/mol. The summed E-state index contributed by atoms with van der Waals surface area (Å²) < 4.78 is 38.8. The zero-order chi connectivity index (χ0) is 24.6. The molecular formula is C24H32N4O5S. The number of hydrogen-bond acceptors (Lipinski definition) is 7. The van der Waals surface area contributed by atoms with Gasteiger partial charge in [-0.25, -0.2) is 13.2 Å². The number of nitrogens with zero attached hydrogens (tertiary/aromatic N) is 4. The second kappa shape index (κ2) is 9.14. The van der Waals surface area contributed by atoms with Crippen molar-refractivity contribution in [2.45, 2.75) is 68.9 Å². The summed E-state index contributed by atoms with van der Waals surface area (Å²) in [4.78, 5) is 14.9. The lowest BCUT2D eigenvalue weighted by atomic mass is 9.92. The van der Waals surface area contributed by atoms with E-state index in [1.165, 1.54) is 4.31 Å². The molecule has 2 saturated heterocycles.